The number of ether oxygens (including phenoxy) is 1. The predicted molar refractivity (Wildman–Crippen MR) is 80.0 cm³/mol. The van der Waals surface area contributed by atoms with Crippen LogP contribution in [0.4, 0.5) is 0 Å². The molecule has 0 saturated heterocycles. The summed E-state index contributed by atoms with van der Waals surface area (Å²) < 4.78 is 5.37. The van der Waals surface area contributed by atoms with Crippen LogP contribution in [0.5, 0.6) is 0 Å². The number of Topliss-reactive ketones (excluding diaryl/α,β-unsaturated/α-hetero) is 1. The van der Waals surface area contributed by atoms with Gasteiger partial charge < -0.3 is 4.74 Å². The van der Waals surface area contributed by atoms with Crippen LogP contribution in [-0.4, -0.2) is 11.8 Å². The largest absolute Gasteiger partial charge is 0.431 e. The highest BCUT2D eigenvalue weighted by Crippen LogP contribution is 2.45. The summed E-state index contributed by atoms with van der Waals surface area (Å²) >= 11 is 5.91. The van der Waals surface area contributed by atoms with E-state index in [1.807, 2.05) is 26.0 Å². The third-order valence-corrected chi connectivity index (χ3v) is 4.36. The van der Waals surface area contributed by atoms with E-state index in [9.17, 15) is 9.59 Å². The zero-order chi connectivity index (χ0) is 15.2. The quantitative estimate of drug-likeness (QED) is 0.736. The second-order valence-electron chi connectivity index (χ2n) is 6.56. The summed E-state index contributed by atoms with van der Waals surface area (Å²) in [4.78, 5) is 24.4. The first kappa shape index (κ1) is 14.3. The molecule has 1 aliphatic carbocycles. The van der Waals surface area contributed by atoms with Gasteiger partial charge in [-0.3, -0.25) is 9.59 Å². The lowest BCUT2D eigenvalue weighted by Crippen LogP contribution is -2.33. The molecule has 1 atom stereocenters. The molecule has 0 radical (unpaired) electrons. The number of hydrogen-bond acceptors (Lipinski definition) is 3. The summed E-state index contributed by atoms with van der Waals surface area (Å²) in [5.74, 6) is 0.183. The van der Waals surface area contributed by atoms with Gasteiger partial charge in [-0.05, 0) is 23.1 Å². The summed E-state index contributed by atoms with van der Waals surface area (Å²) in [5.41, 5.74) is 1.46. The first-order valence-electron chi connectivity index (χ1n) is 7.08. The molecule has 1 heterocycles. The Morgan fingerprint density at radius 2 is 1.81 bits per heavy atom. The van der Waals surface area contributed by atoms with Gasteiger partial charge in [0.2, 0.25) is 0 Å². The lowest BCUT2D eigenvalue weighted by molar-refractivity contribution is -0.142. The molecule has 1 aliphatic heterocycles. The van der Waals surface area contributed by atoms with E-state index in [4.69, 9.17) is 16.3 Å². The minimum atomic E-state index is -0.265. The Hall–Kier alpha value is -1.61. The minimum absolute atomic E-state index is 0.0914. The molecule has 0 N–H and O–H groups in total. The third-order valence-electron chi connectivity index (χ3n) is 4.11. The molecule has 3 rings (SSSR count). The Labute approximate surface area is 128 Å². The molecule has 0 saturated carbocycles. The molecule has 0 bridgehead atoms. The standard InChI is InChI=1S/C17H17ClO3/c1-17(2)8-13(19)16-12(7-15(20)21-14(16)9-17)10-3-5-11(18)6-4-10/h3-6,12H,7-9H2,1-2H3. The molecule has 4 heteroatoms. The molecule has 0 fully saturated rings. The average Bonchev–Trinajstić information content (AvgIpc) is 2.36. The zero-order valence-corrected chi connectivity index (χ0v) is 12.9. The van der Waals surface area contributed by atoms with Crippen molar-refractivity contribution in [1.82, 2.24) is 0 Å². The zero-order valence-electron chi connectivity index (χ0n) is 12.1. The van der Waals surface area contributed by atoms with Gasteiger partial charge in [0.25, 0.3) is 0 Å². The lowest BCUT2D eigenvalue weighted by atomic mass is 9.71. The first-order valence-corrected chi connectivity index (χ1v) is 7.46. The number of halogens is 1. The Bertz CT molecular complexity index is 641. The first-order chi connectivity index (χ1) is 9.85. The Morgan fingerprint density at radius 3 is 2.48 bits per heavy atom. The van der Waals surface area contributed by atoms with Crippen molar-refractivity contribution in [3.63, 3.8) is 0 Å². The van der Waals surface area contributed by atoms with Crippen molar-refractivity contribution >= 4 is 23.4 Å². The fraction of sp³-hybridized carbons (Fsp3) is 0.412. The van der Waals surface area contributed by atoms with Crippen LogP contribution in [-0.2, 0) is 14.3 Å². The Kier molecular flexibility index (Phi) is 3.40. The summed E-state index contributed by atoms with van der Waals surface area (Å²) in [6.07, 6.45) is 1.34. The molecule has 2 aliphatic rings. The van der Waals surface area contributed by atoms with E-state index in [1.165, 1.54) is 0 Å². The summed E-state index contributed by atoms with van der Waals surface area (Å²) in [7, 11) is 0. The van der Waals surface area contributed by atoms with Crippen LogP contribution in [0.2, 0.25) is 5.02 Å². The second-order valence-corrected chi connectivity index (χ2v) is 7.00. The van der Waals surface area contributed by atoms with E-state index in [-0.39, 0.29) is 29.5 Å². The highest BCUT2D eigenvalue weighted by molar-refractivity contribution is 6.30. The topological polar surface area (TPSA) is 43.4 Å². The summed E-state index contributed by atoms with van der Waals surface area (Å²) in [6, 6.07) is 7.33. The van der Waals surface area contributed by atoms with E-state index in [2.05, 4.69) is 0 Å². The molecular formula is C17H17ClO3. The molecule has 0 amide bonds. The van der Waals surface area contributed by atoms with Gasteiger partial charge in [-0.2, -0.15) is 0 Å². The van der Waals surface area contributed by atoms with Crippen LogP contribution < -0.4 is 0 Å². The third kappa shape index (κ3) is 2.75. The summed E-state index contributed by atoms with van der Waals surface area (Å²) in [5, 5.41) is 0.641. The number of carbonyl (C=O) groups is 2. The molecule has 1 aromatic rings. The van der Waals surface area contributed by atoms with Crippen LogP contribution in [0, 0.1) is 5.41 Å². The smallest absolute Gasteiger partial charge is 0.311 e. The van der Waals surface area contributed by atoms with Crippen LogP contribution in [0.1, 0.15) is 44.6 Å². The van der Waals surface area contributed by atoms with Crippen molar-refractivity contribution in [3.8, 4) is 0 Å². The van der Waals surface area contributed by atoms with E-state index in [1.54, 1.807) is 12.1 Å². The van der Waals surface area contributed by atoms with Gasteiger partial charge in [-0.1, -0.05) is 37.6 Å². The van der Waals surface area contributed by atoms with Crippen molar-refractivity contribution in [2.45, 2.75) is 39.0 Å². The van der Waals surface area contributed by atoms with Crippen LogP contribution >= 0.6 is 11.6 Å². The van der Waals surface area contributed by atoms with Crippen molar-refractivity contribution in [2.75, 3.05) is 0 Å². The SMILES string of the molecule is CC1(C)CC(=O)C2=C(C1)OC(=O)CC2c1ccc(Cl)cc1. The maximum atomic E-state index is 12.5. The molecular weight excluding hydrogens is 288 g/mol. The number of allylic oxidation sites excluding steroid dienone is 2. The van der Waals surface area contributed by atoms with E-state index < -0.39 is 0 Å². The highest BCUT2D eigenvalue weighted by atomic mass is 35.5. The maximum Gasteiger partial charge on any atom is 0.311 e. The van der Waals surface area contributed by atoms with Crippen molar-refractivity contribution in [3.05, 3.63) is 46.2 Å². The van der Waals surface area contributed by atoms with E-state index >= 15 is 0 Å². The number of hydrogen-bond donors (Lipinski definition) is 0. The van der Waals surface area contributed by atoms with Crippen LogP contribution in [0.15, 0.2) is 35.6 Å². The fourth-order valence-corrected chi connectivity index (χ4v) is 3.31. The van der Waals surface area contributed by atoms with E-state index in [0.717, 1.165) is 5.56 Å². The van der Waals surface area contributed by atoms with Gasteiger partial charge in [0.1, 0.15) is 5.76 Å². The van der Waals surface area contributed by atoms with Gasteiger partial charge in [0.05, 0.1) is 6.42 Å². The van der Waals surface area contributed by atoms with Gasteiger partial charge in [-0.15, -0.1) is 0 Å². The molecule has 110 valence electrons. The minimum Gasteiger partial charge on any atom is -0.431 e. The fourth-order valence-electron chi connectivity index (χ4n) is 3.18. The molecule has 1 aromatic carbocycles. The van der Waals surface area contributed by atoms with Gasteiger partial charge >= 0.3 is 5.97 Å². The molecule has 0 spiro atoms. The monoisotopic (exact) mass is 304 g/mol. The van der Waals surface area contributed by atoms with Gasteiger partial charge in [0, 0.05) is 29.4 Å². The Balaban J connectivity index is 2.06. The van der Waals surface area contributed by atoms with Crippen molar-refractivity contribution in [1.29, 1.82) is 0 Å². The molecule has 1 unspecified atom stereocenters. The summed E-state index contributed by atoms with van der Waals surface area (Å²) in [6.45, 7) is 4.04. The van der Waals surface area contributed by atoms with E-state index in [0.29, 0.717) is 29.2 Å². The molecule has 0 aromatic heterocycles. The predicted octanol–water partition coefficient (Wildman–Crippen LogP) is 4.01. The van der Waals surface area contributed by atoms with Crippen molar-refractivity contribution < 1.29 is 14.3 Å². The number of ketones is 1. The molecule has 21 heavy (non-hydrogen) atoms. The number of rotatable bonds is 1. The number of carbonyl (C=O) groups excluding carboxylic acids is 2. The molecule has 3 nitrogen and oxygen atoms in total. The van der Waals surface area contributed by atoms with Crippen LogP contribution in [0.3, 0.4) is 0 Å². The van der Waals surface area contributed by atoms with Crippen LogP contribution in [0.25, 0.3) is 0 Å². The second kappa shape index (κ2) is 4.99. The van der Waals surface area contributed by atoms with Gasteiger partial charge in [-0.25, -0.2) is 0 Å². The van der Waals surface area contributed by atoms with Crippen molar-refractivity contribution in [2.24, 2.45) is 5.41 Å². The number of benzene rings is 1. The van der Waals surface area contributed by atoms with Gasteiger partial charge in [0.15, 0.2) is 5.78 Å². The normalized spacial score (nSPS) is 24.6. The Morgan fingerprint density at radius 1 is 1.14 bits per heavy atom. The highest BCUT2D eigenvalue weighted by Gasteiger charge is 2.41. The average molecular weight is 305 g/mol. The maximum absolute atomic E-state index is 12.5. The number of esters is 1. The lowest BCUT2D eigenvalue weighted by Gasteiger charge is -2.36.